The zero-order valence-electron chi connectivity index (χ0n) is 17.0. The van der Waals surface area contributed by atoms with E-state index in [0.29, 0.717) is 29.8 Å². The largest absolute Gasteiger partial charge is 0.399 e. The molecule has 0 radical (unpaired) electrons. The Balaban J connectivity index is 1.58. The summed E-state index contributed by atoms with van der Waals surface area (Å²) in [5.41, 5.74) is 7.05. The second-order valence-electron chi connectivity index (χ2n) is 8.67. The molecule has 0 unspecified atom stereocenters. The number of likely N-dealkylation sites (tertiary alicyclic amines) is 1. The SMILES string of the molecule is C=C(N)c1cnc(CC2CCN(C(=O)CC(C)C)CC2)nc1NC1CC(O)C1. The molecule has 2 heterocycles. The summed E-state index contributed by atoms with van der Waals surface area (Å²) in [7, 11) is 0. The molecular weight excluding hydrogens is 354 g/mol. The van der Waals surface area contributed by atoms with Crippen LogP contribution in [0, 0.1) is 11.8 Å². The van der Waals surface area contributed by atoms with E-state index in [1.807, 2.05) is 4.90 Å². The van der Waals surface area contributed by atoms with Crippen LogP contribution in [0.3, 0.4) is 0 Å². The number of piperidine rings is 1. The molecule has 0 bridgehead atoms. The monoisotopic (exact) mass is 387 g/mol. The van der Waals surface area contributed by atoms with Crippen LogP contribution in [-0.2, 0) is 11.2 Å². The van der Waals surface area contributed by atoms with Gasteiger partial charge in [-0.25, -0.2) is 9.97 Å². The molecule has 3 rings (SSSR count). The first kappa shape index (κ1) is 20.6. The van der Waals surface area contributed by atoms with E-state index < -0.39 is 0 Å². The van der Waals surface area contributed by atoms with Crippen molar-refractivity contribution in [1.29, 1.82) is 0 Å². The van der Waals surface area contributed by atoms with Crippen molar-refractivity contribution in [3.8, 4) is 0 Å². The highest BCUT2D eigenvalue weighted by atomic mass is 16.3. The number of hydrogen-bond donors (Lipinski definition) is 3. The summed E-state index contributed by atoms with van der Waals surface area (Å²) in [4.78, 5) is 23.4. The van der Waals surface area contributed by atoms with E-state index in [9.17, 15) is 9.90 Å². The van der Waals surface area contributed by atoms with Crippen LogP contribution in [0.5, 0.6) is 0 Å². The molecule has 0 aromatic carbocycles. The number of carbonyl (C=O) groups excluding carboxylic acids is 1. The van der Waals surface area contributed by atoms with Gasteiger partial charge >= 0.3 is 0 Å². The Hall–Kier alpha value is -2.15. The van der Waals surface area contributed by atoms with Crippen LogP contribution in [0.1, 0.15) is 57.3 Å². The van der Waals surface area contributed by atoms with Crippen LogP contribution in [0.4, 0.5) is 5.82 Å². The fraction of sp³-hybridized carbons (Fsp3) is 0.667. The van der Waals surface area contributed by atoms with Crippen LogP contribution in [0.15, 0.2) is 12.8 Å². The number of hydrogen-bond acceptors (Lipinski definition) is 6. The van der Waals surface area contributed by atoms with Crippen molar-refractivity contribution in [3.63, 3.8) is 0 Å². The number of aliphatic hydroxyl groups is 1. The number of nitrogens with zero attached hydrogens (tertiary/aromatic N) is 3. The van der Waals surface area contributed by atoms with Crippen molar-refractivity contribution in [2.75, 3.05) is 18.4 Å². The van der Waals surface area contributed by atoms with E-state index in [0.717, 1.165) is 56.6 Å². The molecule has 1 saturated carbocycles. The molecule has 4 N–H and O–H groups in total. The molecule has 1 aromatic rings. The molecule has 1 aliphatic carbocycles. The fourth-order valence-corrected chi connectivity index (χ4v) is 3.88. The minimum absolute atomic E-state index is 0.214. The van der Waals surface area contributed by atoms with Gasteiger partial charge in [-0.15, -0.1) is 0 Å². The standard InChI is InChI=1S/C21H33N5O2/c1-13(2)8-20(28)26-6-4-15(5-7-26)9-19-23-12-18(14(3)22)21(25-19)24-16-10-17(27)11-16/h12-13,15-17,27H,3-11,22H2,1-2H3,(H,23,24,25). The quantitative estimate of drug-likeness (QED) is 0.662. The highest BCUT2D eigenvalue weighted by Gasteiger charge is 2.28. The topological polar surface area (TPSA) is 104 Å². The molecular formula is C21H33N5O2. The summed E-state index contributed by atoms with van der Waals surface area (Å²) in [6.45, 7) is 9.61. The summed E-state index contributed by atoms with van der Waals surface area (Å²) in [5.74, 6) is 2.65. The maximum atomic E-state index is 12.2. The number of aromatic nitrogens is 2. The van der Waals surface area contributed by atoms with E-state index in [1.54, 1.807) is 6.20 Å². The van der Waals surface area contributed by atoms with Gasteiger partial charge < -0.3 is 21.1 Å². The van der Waals surface area contributed by atoms with Crippen molar-refractivity contribution in [1.82, 2.24) is 14.9 Å². The van der Waals surface area contributed by atoms with Gasteiger partial charge in [0.15, 0.2) is 0 Å². The molecule has 1 saturated heterocycles. The second-order valence-corrected chi connectivity index (χ2v) is 8.67. The highest BCUT2D eigenvalue weighted by molar-refractivity contribution is 5.76. The minimum Gasteiger partial charge on any atom is -0.399 e. The summed E-state index contributed by atoms with van der Waals surface area (Å²) in [5, 5.41) is 12.9. The fourth-order valence-electron chi connectivity index (χ4n) is 3.88. The lowest BCUT2D eigenvalue weighted by molar-refractivity contribution is -0.133. The lowest BCUT2D eigenvalue weighted by Crippen LogP contribution is -2.40. The van der Waals surface area contributed by atoms with Crippen molar-refractivity contribution < 1.29 is 9.90 Å². The van der Waals surface area contributed by atoms with Crippen LogP contribution < -0.4 is 11.1 Å². The van der Waals surface area contributed by atoms with Crippen molar-refractivity contribution in [2.45, 2.75) is 64.5 Å². The highest BCUT2D eigenvalue weighted by Crippen LogP contribution is 2.27. The summed E-state index contributed by atoms with van der Waals surface area (Å²) in [6, 6.07) is 0.214. The zero-order chi connectivity index (χ0) is 20.3. The third-order valence-electron chi connectivity index (χ3n) is 5.66. The van der Waals surface area contributed by atoms with E-state index in [2.05, 4.69) is 30.7 Å². The van der Waals surface area contributed by atoms with Gasteiger partial charge in [0, 0.05) is 43.9 Å². The van der Waals surface area contributed by atoms with Crippen LogP contribution in [-0.4, -0.2) is 51.1 Å². The van der Waals surface area contributed by atoms with E-state index in [-0.39, 0.29) is 18.1 Å². The molecule has 1 aliphatic heterocycles. The van der Waals surface area contributed by atoms with Crippen molar-refractivity contribution >= 4 is 17.4 Å². The Morgan fingerprint density at radius 3 is 2.64 bits per heavy atom. The summed E-state index contributed by atoms with van der Waals surface area (Å²) >= 11 is 0. The number of anilines is 1. The third-order valence-corrected chi connectivity index (χ3v) is 5.66. The van der Waals surface area contributed by atoms with Crippen molar-refractivity contribution in [2.24, 2.45) is 17.6 Å². The van der Waals surface area contributed by atoms with Gasteiger partial charge in [-0.2, -0.15) is 0 Å². The molecule has 0 atom stereocenters. The molecule has 7 heteroatoms. The molecule has 7 nitrogen and oxygen atoms in total. The molecule has 2 fully saturated rings. The van der Waals surface area contributed by atoms with Gasteiger partial charge in [0.1, 0.15) is 11.6 Å². The Morgan fingerprint density at radius 1 is 1.39 bits per heavy atom. The summed E-state index contributed by atoms with van der Waals surface area (Å²) in [6.07, 6.45) is 6.34. The van der Waals surface area contributed by atoms with Gasteiger partial charge in [-0.3, -0.25) is 4.79 Å². The first-order valence-electron chi connectivity index (χ1n) is 10.3. The molecule has 0 spiro atoms. The van der Waals surface area contributed by atoms with Gasteiger partial charge in [0.05, 0.1) is 11.7 Å². The predicted octanol–water partition coefficient (Wildman–Crippen LogP) is 2.17. The average molecular weight is 388 g/mol. The van der Waals surface area contributed by atoms with Crippen LogP contribution in [0.2, 0.25) is 0 Å². The number of amides is 1. The van der Waals surface area contributed by atoms with Gasteiger partial charge in [-0.1, -0.05) is 20.4 Å². The van der Waals surface area contributed by atoms with Gasteiger partial charge in [0.2, 0.25) is 5.91 Å². The number of rotatable bonds is 7. The van der Waals surface area contributed by atoms with E-state index in [4.69, 9.17) is 10.7 Å². The van der Waals surface area contributed by atoms with E-state index in [1.165, 1.54) is 0 Å². The minimum atomic E-state index is -0.230. The van der Waals surface area contributed by atoms with Crippen LogP contribution >= 0.6 is 0 Å². The molecule has 28 heavy (non-hydrogen) atoms. The maximum Gasteiger partial charge on any atom is 0.222 e. The molecule has 154 valence electrons. The molecule has 2 aliphatic rings. The Bertz CT molecular complexity index is 707. The maximum absolute atomic E-state index is 12.2. The lowest BCUT2D eigenvalue weighted by atomic mass is 9.89. The van der Waals surface area contributed by atoms with Crippen molar-refractivity contribution in [3.05, 3.63) is 24.2 Å². The number of nitrogens with two attached hydrogens (primary N) is 1. The number of aliphatic hydroxyl groups excluding tert-OH is 1. The number of carbonyl (C=O) groups is 1. The Kier molecular flexibility index (Phi) is 6.54. The molecule has 1 aromatic heterocycles. The Labute approximate surface area is 167 Å². The second kappa shape index (κ2) is 8.90. The smallest absolute Gasteiger partial charge is 0.222 e. The predicted molar refractivity (Wildman–Crippen MR) is 110 cm³/mol. The van der Waals surface area contributed by atoms with Gasteiger partial charge in [-0.05, 0) is 37.5 Å². The van der Waals surface area contributed by atoms with Gasteiger partial charge in [0.25, 0.3) is 0 Å². The normalized spacial score (nSPS) is 22.8. The van der Waals surface area contributed by atoms with Crippen LogP contribution in [0.25, 0.3) is 5.70 Å². The first-order chi connectivity index (χ1) is 13.3. The molecule has 1 amide bonds. The third kappa shape index (κ3) is 5.22. The lowest BCUT2D eigenvalue weighted by Gasteiger charge is -2.33. The Morgan fingerprint density at radius 2 is 2.07 bits per heavy atom. The average Bonchev–Trinajstić information content (AvgIpc) is 2.60. The van der Waals surface area contributed by atoms with E-state index >= 15 is 0 Å². The summed E-state index contributed by atoms with van der Waals surface area (Å²) < 4.78 is 0. The number of nitrogens with one attached hydrogen (secondary N) is 1. The zero-order valence-corrected chi connectivity index (χ0v) is 17.0. The first-order valence-corrected chi connectivity index (χ1v) is 10.3.